The van der Waals surface area contributed by atoms with Gasteiger partial charge in [0, 0.05) is 53.1 Å². The fourth-order valence-electron chi connectivity index (χ4n) is 5.57. The van der Waals surface area contributed by atoms with Gasteiger partial charge in [-0.2, -0.15) is 13.2 Å². The molecular weight excluding hydrogens is 597 g/mol. The lowest BCUT2D eigenvalue weighted by atomic mass is 9.99. The van der Waals surface area contributed by atoms with E-state index in [1.54, 1.807) is 33.8 Å². The number of hydrogen-bond acceptors (Lipinski definition) is 9. The minimum absolute atomic E-state index is 0.0413. The standard InChI is InChI=1S/C30H35F3N6O4S/c1-6-34-28(41)38-24-12-21(26-37-23(15-44-26)30(31,32)33)22(14-35-24)20-9-16(27(40)43-29(2,3)4)13-36-25(20)42-19-10-17-7-8-18(11-19)39(17)5/h9,12-15,17-19H,6-8,10-11H2,1-5H3,(H2,34,35,38,41)/t17-,18+,19?. The Bertz CT molecular complexity index is 1530. The van der Waals surface area contributed by atoms with Crippen molar-refractivity contribution in [2.75, 3.05) is 18.9 Å². The van der Waals surface area contributed by atoms with Crippen molar-refractivity contribution >= 4 is 29.2 Å². The molecule has 1 unspecified atom stereocenters. The summed E-state index contributed by atoms with van der Waals surface area (Å²) in [5.41, 5.74) is -0.750. The molecule has 2 aliphatic heterocycles. The monoisotopic (exact) mass is 632 g/mol. The van der Waals surface area contributed by atoms with Crippen LogP contribution in [0.3, 0.4) is 0 Å². The molecule has 0 radical (unpaired) electrons. The highest BCUT2D eigenvalue weighted by atomic mass is 32.1. The van der Waals surface area contributed by atoms with E-state index in [0.717, 1.165) is 42.4 Å². The van der Waals surface area contributed by atoms with E-state index in [4.69, 9.17) is 9.47 Å². The maximum atomic E-state index is 13.6. The van der Waals surface area contributed by atoms with Gasteiger partial charge in [0.2, 0.25) is 5.88 Å². The zero-order valence-electron chi connectivity index (χ0n) is 25.1. The summed E-state index contributed by atoms with van der Waals surface area (Å²) in [5, 5.41) is 6.16. The van der Waals surface area contributed by atoms with Gasteiger partial charge in [0.25, 0.3) is 0 Å². The molecule has 14 heteroatoms. The minimum Gasteiger partial charge on any atom is -0.474 e. The summed E-state index contributed by atoms with van der Waals surface area (Å²) >= 11 is 0.800. The molecule has 44 heavy (non-hydrogen) atoms. The van der Waals surface area contributed by atoms with Crippen molar-refractivity contribution in [2.24, 2.45) is 0 Å². The van der Waals surface area contributed by atoms with E-state index in [2.05, 4.69) is 37.5 Å². The number of thiazole rings is 1. The van der Waals surface area contributed by atoms with Crippen molar-refractivity contribution in [1.82, 2.24) is 25.2 Å². The van der Waals surface area contributed by atoms with Crippen LogP contribution in [0.25, 0.3) is 21.7 Å². The molecular formula is C30H35F3N6O4S. The number of pyridine rings is 2. The molecule has 0 saturated carbocycles. The normalized spacial score (nSPS) is 20.3. The van der Waals surface area contributed by atoms with E-state index in [1.165, 1.54) is 18.5 Å². The highest BCUT2D eigenvalue weighted by molar-refractivity contribution is 7.13. The molecule has 3 aromatic heterocycles. The summed E-state index contributed by atoms with van der Waals surface area (Å²) in [6.07, 6.45) is 1.75. The van der Waals surface area contributed by atoms with E-state index >= 15 is 0 Å². The number of nitrogens with zero attached hydrogens (tertiary/aromatic N) is 4. The van der Waals surface area contributed by atoms with Crippen LogP contribution < -0.4 is 15.4 Å². The fraction of sp³-hybridized carbons (Fsp3) is 0.500. The number of halogens is 3. The van der Waals surface area contributed by atoms with Gasteiger partial charge in [0.05, 0.1) is 5.56 Å². The average molecular weight is 633 g/mol. The summed E-state index contributed by atoms with van der Waals surface area (Å²) in [4.78, 5) is 40.4. The molecule has 2 fully saturated rings. The number of anilines is 1. The second-order valence-electron chi connectivity index (χ2n) is 12.0. The van der Waals surface area contributed by atoms with Crippen molar-refractivity contribution in [3.63, 3.8) is 0 Å². The fourth-order valence-corrected chi connectivity index (χ4v) is 6.42. The van der Waals surface area contributed by atoms with E-state index in [9.17, 15) is 22.8 Å². The van der Waals surface area contributed by atoms with E-state index in [1.807, 2.05) is 0 Å². The van der Waals surface area contributed by atoms with Crippen LogP contribution >= 0.6 is 11.3 Å². The van der Waals surface area contributed by atoms with Gasteiger partial charge in [-0.3, -0.25) is 5.32 Å². The van der Waals surface area contributed by atoms with Crippen molar-refractivity contribution in [3.05, 3.63) is 41.2 Å². The molecule has 236 valence electrons. The van der Waals surface area contributed by atoms with Crippen molar-refractivity contribution < 1.29 is 32.2 Å². The molecule has 5 heterocycles. The molecule has 0 aromatic carbocycles. The summed E-state index contributed by atoms with van der Waals surface area (Å²) < 4.78 is 52.7. The molecule has 3 aromatic rings. The zero-order chi connectivity index (χ0) is 31.8. The van der Waals surface area contributed by atoms with Crippen molar-refractivity contribution in [2.45, 2.75) is 83.3 Å². The Morgan fingerprint density at radius 3 is 2.36 bits per heavy atom. The molecule has 0 spiro atoms. The number of urea groups is 1. The second kappa shape index (κ2) is 12.3. The SMILES string of the molecule is CCNC(=O)Nc1cc(-c2nc(C(F)(F)F)cs2)c(-c2cc(C(=O)OC(C)(C)C)cnc2OC2C[C@H]3CC[C@@H](C2)N3C)cn1. The number of rotatable bonds is 7. The van der Waals surface area contributed by atoms with Crippen LogP contribution in [0.5, 0.6) is 5.88 Å². The molecule has 2 saturated heterocycles. The van der Waals surface area contributed by atoms with Gasteiger partial charge >= 0.3 is 18.2 Å². The first-order valence-corrected chi connectivity index (χ1v) is 15.3. The third-order valence-corrected chi connectivity index (χ3v) is 8.49. The molecule has 2 aliphatic rings. The molecule has 2 N–H and O–H groups in total. The van der Waals surface area contributed by atoms with Crippen LogP contribution in [0.1, 0.15) is 69.4 Å². The Kier molecular flexibility index (Phi) is 8.85. The smallest absolute Gasteiger partial charge is 0.434 e. The Labute approximate surface area is 257 Å². The van der Waals surface area contributed by atoms with Crippen molar-refractivity contribution in [1.29, 1.82) is 0 Å². The molecule has 3 atom stereocenters. The number of aromatic nitrogens is 3. The molecule has 2 bridgehead atoms. The summed E-state index contributed by atoms with van der Waals surface area (Å²) in [6, 6.07) is 3.24. The number of amides is 2. The quantitative estimate of drug-likeness (QED) is 0.288. The molecule has 5 rings (SSSR count). The third-order valence-electron chi connectivity index (χ3n) is 7.62. The van der Waals surface area contributed by atoms with Crippen LogP contribution in [-0.4, -0.2) is 69.2 Å². The van der Waals surface area contributed by atoms with Gasteiger partial charge in [0.15, 0.2) is 5.69 Å². The highest BCUT2D eigenvalue weighted by Gasteiger charge is 2.40. The predicted molar refractivity (Wildman–Crippen MR) is 160 cm³/mol. The first kappa shape index (κ1) is 31.6. The lowest BCUT2D eigenvalue weighted by Crippen LogP contribution is -2.44. The van der Waals surface area contributed by atoms with Gasteiger partial charge in [-0.05, 0) is 72.6 Å². The first-order valence-electron chi connectivity index (χ1n) is 14.4. The van der Waals surface area contributed by atoms with Crippen molar-refractivity contribution in [3.8, 4) is 27.6 Å². The lowest BCUT2D eigenvalue weighted by molar-refractivity contribution is -0.140. The summed E-state index contributed by atoms with van der Waals surface area (Å²) in [5.74, 6) is -0.303. The van der Waals surface area contributed by atoms with Crippen LogP contribution in [0, 0.1) is 0 Å². The first-order chi connectivity index (χ1) is 20.7. The van der Waals surface area contributed by atoms with E-state index < -0.39 is 29.5 Å². The number of carbonyl (C=O) groups excluding carboxylic acids is 2. The van der Waals surface area contributed by atoms with Crippen LogP contribution in [-0.2, 0) is 10.9 Å². The molecule has 2 amide bonds. The lowest BCUT2D eigenvalue weighted by Gasteiger charge is -2.36. The van der Waals surface area contributed by atoms with Gasteiger partial charge in [-0.25, -0.2) is 24.5 Å². The summed E-state index contributed by atoms with van der Waals surface area (Å²) in [6.45, 7) is 7.34. The average Bonchev–Trinajstić information content (AvgIpc) is 3.50. The number of fused-ring (bicyclic) bond motifs is 2. The number of carbonyl (C=O) groups is 2. The Hall–Kier alpha value is -3.78. The number of hydrogen-bond donors (Lipinski definition) is 2. The largest absolute Gasteiger partial charge is 0.474 e. The van der Waals surface area contributed by atoms with E-state index in [-0.39, 0.29) is 33.9 Å². The Morgan fingerprint density at radius 2 is 1.75 bits per heavy atom. The Balaban J connectivity index is 1.61. The molecule has 10 nitrogen and oxygen atoms in total. The van der Waals surface area contributed by atoms with Gasteiger partial charge in [0.1, 0.15) is 22.5 Å². The Morgan fingerprint density at radius 1 is 1.05 bits per heavy atom. The van der Waals surface area contributed by atoms with Crippen LogP contribution in [0.2, 0.25) is 0 Å². The number of ether oxygens (including phenoxy) is 2. The topological polar surface area (TPSA) is 119 Å². The highest BCUT2D eigenvalue weighted by Crippen LogP contribution is 2.42. The number of nitrogens with one attached hydrogen (secondary N) is 2. The predicted octanol–water partition coefficient (Wildman–Crippen LogP) is 6.39. The maximum Gasteiger partial charge on any atom is 0.434 e. The second-order valence-corrected chi connectivity index (χ2v) is 12.8. The zero-order valence-corrected chi connectivity index (χ0v) is 25.9. The summed E-state index contributed by atoms with van der Waals surface area (Å²) in [7, 11) is 2.12. The minimum atomic E-state index is -4.65. The van der Waals surface area contributed by atoms with Crippen LogP contribution in [0.4, 0.5) is 23.8 Å². The van der Waals surface area contributed by atoms with Gasteiger partial charge < -0.3 is 19.7 Å². The van der Waals surface area contributed by atoms with Crippen LogP contribution in [0.15, 0.2) is 29.9 Å². The number of piperidine rings is 1. The van der Waals surface area contributed by atoms with Gasteiger partial charge in [-0.1, -0.05) is 0 Å². The van der Waals surface area contributed by atoms with E-state index in [0.29, 0.717) is 29.8 Å². The third kappa shape index (κ3) is 7.12. The number of alkyl halides is 3. The molecule has 0 aliphatic carbocycles. The maximum absolute atomic E-state index is 13.6. The number of esters is 1. The van der Waals surface area contributed by atoms with Gasteiger partial charge in [-0.15, -0.1) is 11.3 Å².